The molecule has 3 aromatic rings. The molecule has 1 aliphatic heterocycles. The van der Waals surface area contributed by atoms with E-state index in [1.807, 2.05) is 20.8 Å². The molecule has 1 fully saturated rings. The van der Waals surface area contributed by atoms with Crippen LogP contribution in [-0.4, -0.2) is 36.9 Å². The Bertz CT molecular complexity index is 1270. The average Bonchev–Trinajstić information content (AvgIpc) is 3.16. The predicted octanol–water partition coefficient (Wildman–Crippen LogP) is 4.61. The summed E-state index contributed by atoms with van der Waals surface area (Å²) in [5, 5.41) is 6.77. The molecule has 4 rings (SSSR count). The van der Waals surface area contributed by atoms with Gasteiger partial charge in [0, 0.05) is 24.3 Å². The second kappa shape index (κ2) is 9.99. The zero-order chi connectivity index (χ0) is 24.3. The van der Waals surface area contributed by atoms with Crippen molar-refractivity contribution in [3.8, 4) is 5.75 Å². The molecule has 34 heavy (non-hydrogen) atoms. The van der Waals surface area contributed by atoms with Crippen molar-refractivity contribution in [2.75, 3.05) is 18.4 Å². The average molecular weight is 484 g/mol. The fourth-order valence-electron chi connectivity index (χ4n) is 3.94. The Kier molecular flexibility index (Phi) is 7.04. The number of carbonyl (C=O) groups is 1. The highest BCUT2D eigenvalue weighted by Crippen LogP contribution is 2.26. The third-order valence-electron chi connectivity index (χ3n) is 6.07. The first-order valence-corrected chi connectivity index (χ1v) is 12.8. The van der Waals surface area contributed by atoms with Gasteiger partial charge in [-0.15, -0.1) is 0 Å². The number of piperidine rings is 1. The van der Waals surface area contributed by atoms with Crippen molar-refractivity contribution in [1.29, 1.82) is 0 Å². The van der Waals surface area contributed by atoms with Crippen LogP contribution in [0.15, 0.2) is 51.9 Å². The van der Waals surface area contributed by atoms with Crippen LogP contribution in [0.1, 0.15) is 52.2 Å². The number of aryl methyl sites for hydroxylation is 3. The Morgan fingerprint density at radius 1 is 1.09 bits per heavy atom. The first kappa shape index (κ1) is 24.0. The molecule has 1 N–H and O–H groups in total. The van der Waals surface area contributed by atoms with E-state index in [1.165, 1.54) is 10.4 Å². The molecule has 2 heterocycles. The van der Waals surface area contributed by atoms with Crippen molar-refractivity contribution in [3.63, 3.8) is 0 Å². The van der Waals surface area contributed by atoms with Gasteiger partial charge < -0.3 is 14.6 Å². The summed E-state index contributed by atoms with van der Waals surface area (Å²) in [6, 6.07) is 11.7. The highest BCUT2D eigenvalue weighted by atomic mass is 32.2. The highest BCUT2D eigenvalue weighted by Gasteiger charge is 2.26. The molecule has 0 bridgehead atoms. The number of hydrogen-bond acceptors (Lipinski definition) is 6. The number of nitrogens with one attached hydrogen (secondary N) is 1. The summed E-state index contributed by atoms with van der Waals surface area (Å²) in [5.41, 5.74) is 3.28. The van der Waals surface area contributed by atoms with Gasteiger partial charge in [0.1, 0.15) is 18.1 Å². The number of nitrogens with zero attached hydrogens (tertiary/aromatic N) is 2. The van der Waals surface area contributed by atoms with Crippen LogP contribution >= 0.6 is 0 Å². The molecule has 0 radical (unpaired) electrons. The van der Waals surface area contributed by atoms with Crippen LogP contribution in [0.2, 0.25) is 0 Å². The van der Waals surface area contributed by atoms with Gasteiger partial charge in [-0.05, 0) is 69.5 Å². The van der Waals surface area contributed by atoms with Crippen molar-refractivity contribution >= 4 is 21.6 Å². The Balaban J connectivity index is 1.49. The Morgan fingerprint density at radius 2 is 1.85 bits per heavy atom. The third-order valence-corrected chi connectivity index (χ3v) is 7.97. The Hall–Kier alpha value is -3.17. The number of carbonyl (C=O) groups excluding carboxylic acids is 1. The number of aromatic nitrogens is 1. The topological polar surface area (TPSA) is 102 Å². The molecule has 0 saturated carbocycles. The summed E-state index contributed by atoms with van der Waals surface area (Å²) in [4.78, 5) is 13.2. The number of sulfonamides is 1. The standard InChI is InChI=1S/C25H29N3O5S/c1-17-10-11-22(34(30,31)28-12-5-4-6-13-28)15-24(17)26-25(29)20-8-7-9-21(14-20)32-16-23-18(2)27-33-19(23)3/h7-11,14-15H,4-6,12-13,16H2,1-3H3,(H,26,29). The lowest BCUT2D eigenvalue weighted by molar-refractivity contribution is 0.102. The summed E-state index contributed by atoms with van der Waals surface area (Å²) in [6.45, 7) is 6.83. The van der Waals surface area contributed by atoms with Crippen molar-refractivity contribution < 1.29 is 22.5 Å². The maximum atomic E-state index is 13.1. The smallest absolute Gasteiger partial charge is 0.255 e. The number of ether oxygens (including phenoxy) is 1. The van der Waals surface area contributed by atoms with Gasteiger partial charge in [-0.3, -0.25) is 4.79 Å². The maximum absolute atomic E-state index is 13.1. The van der Waals surface area contributed by atoms with E-state index in [0.717, 1.165) is 36.1 Å². The molecule has 0 aliphatic carbocycles. The first-order chi connectivity index (χ1) is 16.3. The predicted molar refractivity (Wildman–Crippen MR) is 128 cm³/mol. The van der Waals surface area contributed by atoms with Crippen LogP contribution in [-0.2, 0) is 16.6 Å². The van der Waals surface area contributed by atoms with Gasteiger partial charge in [0.2, 0.25) is 10.0 Å². The Morgan fingerprint density at radius 3 is 2.56 bits per heavy atom. The zero-order valence-corrected chi connectivity index (χ0v) is 20.4. The van der Waals surface area contributed by atoms with E-state index < -0.39 is 10.0 Å². The summed E-state index contributed by atoms with van der Waals surface area (Å²) >= 11 is 0. The first-order valence-electron chi connectivity index (χ1n) is 11.3. The van der Waals surface area contributed by atoms with Gasteiger partial charge in [-0.2, -0.15) is 4.31 Å². The second-order valence-electron chi connectivity index (χ2n) is 8.51. The van der Waals surface area contributed by atoms with E-state index in [0.29, 0.717) is 35.9 Å². The van der Waals surface area contributed by atoms with E-state index in [1.54, 1.807) is 36.4 Å². The van der Waals surface area contributed by atoms with Crippen LogP contribution in [0, 0.1) is 20.8 Å². The van der Waals surface area contributed by atoms with Crippen LogP contribution in [0.25, 0.3) is 0 Å². The van der Waals surface area contributed by atoms with E-state index in [-0.39, 0.29) is 17.4 Å². The fraction of sp³-hybridized carbons (Fsp3) is 0.360. The number of benzene rings is 2. The monoisotopic (exact) mass is 483 g/mol. The summed E-state index contributed by atoms with van der Waals surface area (Å²) in [7, 11) is -3.60. The molecular weight excluding hydrogens is 454 g/mol. The van der Waals surface area contributed by atoms with Gasteiger partial charge in [0.05, 0.1) is 16.2 Å². The van der Waals surface area contributed by atoms with E-state index in [4.69, 9.17) is 9.26 Å². The number of anilines is 1. The molecule has 1 aliphatic rings. The minimum atomic E-state index is -3.60. The molecule has 0 atom stereocenters. The molecule has 8 nitrogen and oxygen atoms in total. The normalized spacial score (nSPS) is 14.7. The fourth-order valence-corrected chi connectivity index (χ4v) is 5.48. The van der Waals surface area contributed by atoms with Gasteiger partial charge in [-0.1, -0.05) is 23.7 Å². The summed E-state index contributed by atoms with van der Waals surface area (Å²) < 4.78 is 38.6. The minimum Gasteiger partial charge on any atom is -0.489 e. The molecule has 9 heteroatoms. The summed E-state index contributed by atoms with van der Waals surface area (Å²) in [5.74, 6) is 0.880. The maximum Gasteiger partial charge on any atom is 0.255 e. The zero-order valence-electron chi connectivity index (χ0n) is 19.6. The second-order valence-corrected chi connectivity index (χ2v) is 10.5. The van der Waals surface area contributed by atoms with Crippen LogP contribution in [0.3, 0.4) is 0 Å². The van der Waals surface area contributed by atoms with E-state index in [9.17, 15) is 13.2 Å². The molecule has 180 valence electrons. The van der Waals surface area contributed by atoms with E-state index >= 15 is 0 Å². The minimum absolute atomic E-state index is 0.187. The largest absolute Gasteiger partial charge is 0.489 e. The van der Waals surface area contributed by atoms with Crippen LogP contribution < -0.4 is 10.1 Å². The van der Waals surface area contributed by atoms with Crippen molar-refractivity contribution in [2.24, 2.45) is 0 Å². The van der Waals surface area contributed by atoms with Gasteiger partial charge in [0.25, 0.3) is 5.91 Å². The Labute approximate surface area is 200 Å². The van der Waals surface area contributed by atoms with Crippen LogP contribution in [0.4, 0.5) is 5.69 Å². The van der Waals surface area contributed by atoms with Crippen LogP contribution in [0.5, 0.6) is 5.75 Å². The van der Waals surface area contributed by atoms with Gasteiger partial charge >= 0.3 is 0 Å². The third kappa shape index (κ3) is 5.15. The number of hydrogen-bond donors (Lipinski definition) is 1. The van der Waals surface area contributed by atoms with Crippen molar-refractivity contribution in [3.05, 3.63) is 70.6 Å². The highest BCUT2D eigenvalue weighted by molar-refractivity contribution is 7.89. The molecule has 0 spiro atoms. The lowest BCUT2D eigenvalue weighted by Crippen LogP contribution is -2.35. The lowest BCUT2D eigenvalue weighted by Gasteiger charge is -2.26. The molecular formula is C25H29N3O5S. The summed E-state index contributed by atoms with van der Waals surface area (Å²) in [6.07, 6.45) is 2.77. The number of amides is 1. The van der Waals surface area contributed by atoms with E-state index in [2.05, 4.69) is 10.5 Å². The molecule has 1 saturated heterocycles. The number of rotatable bonds is 7. The SMILES string of the molecule is Cc1ccc(S(=O)(=O)N2CCCCC2)cc1NC(=O)c1cccc(OCc2c(C)noc2C)c1. The van der Waals surface area contributed by atoms with Crippen molar-refractivity contribution in [1.82, 2.24) is 9.46 Å². The lowest BCUT2D eigenvalue weighted by atomic mass is 10.1. The molecule has 1 aromatic heterocycles. The van der Waals surface area contributed by atoms with Gasteiger partial charge in [-0.25, -0.2) is 8.42 Å². The quantitative estimate of drug-likeness (QED) is 0.527. The van der Waals surface area contributed by atoms with Crippen molar-refractivity contribution in [2.45, 2.75) is 51.5 Å². The molecule has 0 unspecified atom stereocenters. The van der Waals surface area contributed by atoms with Gasteiger partial charge in [0.15, 0.2) is 0 Å². The molecule has 2 aromatic carbocycles. The molecule has 1 amide bonds.